The van der Waals surface area contributed by atoms with Crippen molar-refractivity contribution in [1.82, 2.24) is 10.2 Å². The van der Waals surface area contributed by atoms with E-state index in [1.807, 2.05) is 12.1 Å². The largest absolute Gasteiger partial charge is 0.469 e. The topological polar surface area (TPSA) is 106 Å². The van der Waals surface area contributed by atoms with Crippen molar-refractivity contribution in [1.29, 1.82) is 0 Å². The Bertz CT molecular complexity index is 1190. The number of ether oxygens (including phenoxy) is 1. The molecule has 3 aromatic rings. The maximum atomic E-state index is 13.7. The molecule has 0 atom stereocenters. The summed E-state index contributed by atoms with van der Waals surface area (Å²) in [6.45, 7) is 0. The number of aromatic nitrogens is 2. The third-order valence-corrected chi connectivity index (χ3v) is 5.77. The molecule has 1 aliphatic carbocycles. The van der Waals surface area contributed by atoms with Gasteiger partial charge in [-0.3, -0.25) is 9.59 Å². The summed E-state index contributed by atoms with van der Waals surface area (Å²) in [7, 11) is 1.40. The molecule has 11 heteroatoms. The fourth-order valence-electron chi connectivity index (χ4n) is 3.95. The maximum absolute atomic E-state index is 13.7. The van der Waals surface area contributed by atoms with Gasteiger partial charge in [0.1, 0.15) is 5.82 Å². The Hall–Kier alpha value is -3.89. The molecule has 1 heterocycles. The molecule has 1 amide bonds. The van der Waals surface area contributed by atoms with Crippen molar-refractivity contribution >= 4 is 29.3 Å². The first kappa shape index (κ1) is 23.3. The Kier molecular flexibility index (Phi) is 6.80. The molecule has 0 bridgehead atoms. The number of halogens is 3. The van der Waals surface area contributed by atoms with E-state index in [2.05, 4.69) is 20.8 Å². The summed E-state index contributed by atoms with van der Waals surface area (Å²) >= 11 is 0. The van der Waals surface area contributed by atoms with Crippen LogP contribution < -0.4 is 10.6 Å². The number of anilines is 3. The van der Waals surface area contributed by atoms with Crippen molar-refractivity contribution in [2.24, 2.45) is 5.92 Å². The van der Waals surface area contributed by atoms with Gasteiger partial charge in [0.15, 0.2) is 11.6 Å². The Balaban J connectivity index is 1.34. The van der Waals surface area contributed by atoms with Crippen molar-refractivity contribution in [3.8, 4) is 0 Å². The Labute approximate surface area is 192 Å². The van der Waals surface area contributed by atoms with Gasteiger partial charge in [0.2, 0.25) is 0 Å². The number of hydrogen-bond acceptors (Lipinski definition) is 7. The van der Waals surface area contributed by atoms with Crippen LogP contribution in [0.5, 0.6) is 0 Å². The van der Waals surface area contributed by atoms with Crippen LogP contribution in [0.15, 0.2) is 40.8 Å². The second kappa shape index (κ2) is 9.94. The van der Waals surface area contributed by atoms with Crippen LogP contribution in [0.4, 0.5) is 30.6 Å². The van der Waals surface area contributed by atoms with Crippen molar-refractivity contribution in [2.45, 2.75) is 31.6 Å². The van der Waals surface area contributed by atoms with Gasteiger partial charge in [-0.25, -0.2) is 13.2 Å². The number of nitrogens with zero attached hydrogens (tertiary/aromatic N) is 2. The summed E-state index contributed by atoms with van der Waals surface area (Å²) in [5.41, 5.74) is 1.18. The molecule has 0 spiro atoms. The molecule has 2 N–H and O–H groups in total. The lowest BCUT2D eigenvalue weighted by Crippen LogP contribution is -2.22. The normalized spacial score (nSPS) is 17.8. The average molecular weight is 474 g/mol. The van der Waals surface area contributed by atoms with E-state index in [1.54, 1.807) is 12.1 Å². The fraction of sp³-hybridized carbons (Fsp3) is 0.304. The molecule has 1 fully saturated rings. The molecule has 4 rings (SSSR count). The van der Waals surface area contributed by atoms with E-state index in [-0.39, 0.29) is 17.9 Å². The van der Waals surface area contributed by atoms with Gasteiger partial charge in [-0.1, -0.05) is 17.2 Å². The van der Waals surface area contributed by atoms with Crippen LogP contribution in [0, 0.1) is 23.4 Å². The third-order valence-electron chi connectivity index (χ3n) is 5.77. The molecule has 1 saturated carbocycles. The highest BCUT2D eigenvalue weighted by atomic mass is 19.2. The van der Waals surface area contributed by atoms with Gasteiger partial charge in [0, 0.05) is 17.8 Å². The number of esters is 1. The second-order valence-corrected chi connectivity index (χ2v) is 7.93. The summed E-state index contributed by atoms with van der Waals surface area (Å²) in [5.74, 6) is -4.66. The monoisotopic (exact) mass is 474 g/mol. The number of methoxy groups -OCH3 is 1. The van der Waals surface area contributed by atoms with Crippen molar-refractivity contribution in [2.75, 3.05) is 17.7 Å². The number of benzene rings is 2. The van der Waals surface area contributed by atoms with Crippen LogP contribution >= 0.6 is 0 Å². The first-order valence-corrected chi connectivity index (χ1v) is 10.6. The zero-order valence-corrected chi connectivity index (χ0v) is 18.1. The number of hydrogen-bond donors (Lipinski definition) is 2. The standard InChI is InChI=1S/C23H21F3N4O4/c1-33-22(32)14-4-2-12(3-5-14)13-6-8-15(9-7-13)27-20(31)21-29-30-23(34-21)28-19-11-17(25)16(24)10-18(19)26/h6-12,14H,2-5H2,1H3,(H,27,31)(H,28,30)/t12-,14-. The summed E-state index contributed by atoms with van der Waals surface area (Å²) in [5, 5.41) is 12.1. The minimum atomic E-state index is -1.34. The van der Waals surface area contributed by atoms with Crippen LogP contribution in [0.25, 0.3) is 0 Å². The van der Waals surface area contributed by atoms with Crippen LogP contribution in [0.3, 0.4) is 0 Å². The summed E-state index contributed by atoms with van der Waals surface area (Å²) in [4.78, 5) is 24.1. The highest BCUT2D eigenvalue weighted by Crippen LogP contribution is 2.36. The van der Waals surface area contributed by atoms with Crippen molar-refractivity contribution in [3.63, 3.8) is 0 Å². The average Bonchev–Trinajstić information content (AvgIpc) is 3.31. The molecule has 1 aliphatic rings. The lowest BCUT2D eigenvalue weighted by atomic mass is 9.79. The lowest BCUT2D eigenvalue weighted by Gasteiger charge is -2.27. The van der Waals surface area contributed by atoms with Crippen LogP contribution in [-0.4, -0.2) is 29.2 Å². The van der Waals surface area contributed by atoms with E-state index in [4.69, 9.17) is 9.15 Å². The Morgan fingerprint density at radius 1 is 0.971 bits per heavy atom. The number of carbonyl (C=O) groups is 2. The van der Waals surface area contributed by atoms with Gasteiger partial charge < -0.3 is 19.8 Å². The van der Waals surface area contributed by atoms with Gasteiger partial charge in [-0.15, -0.1) is 5.10 Å². The van der Waals surface area contributed by atoms with Crippen LogP contribution in [0.2, 0.25) is 0 Å². The summed E-state index contributed by atoms with van der Waals surface area (Å²) in [6.07, 6.45) is 3.30. The molecule has 34 heavy (non-hydrogen) atoms. The van der Waals surface area contributed by atoms with E-state index < -0.39 is 34.9 Å². The molecule has 0 radical (unpaired) electrons. The predicted molar refractivity (Wildman–Crippen MR) is 115 cm³/mol. The van der Waals surface area contributed by atoms with E-state index in [1.165, 1.54) is 7.11 Å². The minimum absolute atomic E-state index is 0.0489. The zero-order valence-electron chi connectivity index (χ0n) is 18.1. The molecule has 1 aromatic heterocycles. The molecule has 8 nitrogen and oxygen atoms in total. The summed E-state index contributed by atoms with van der Waals surface area (Å²) in [6, 6.07) is 7.90. The van der Waals surface area contributed by atoms with E-state index >= 15 is 0 Å². The highest BCUT2D eigenvalue weighted by molar-refractivity contribution is 6.00. The van der Waals surface area contributed by atoms with Gasteiger partial charge in [0.05, 0.1) is 18.7 Å². The number of nitrogens with one attached hydrogen (secondary N) is 2. The van der Waals surface area contributed by atoms with E-state index in [0.717, 1.165) is 31.2 Å². The Morgan fingerprint density at radius 3 is 2.32 bits per heavy atom. The maximum Gasteiger partial charge on any atom is 0.320 e. The first-order chi connectivity index (χ1) is 16.3. The SMILES string of the molecule is COC(=O)[C@H]1CC[C@H](c2ccc(NC(=O)c3nnc(Nc4cc(F)c(F)cc4F)o3)cc2)CC1. The number of amides is 1. The summed E-state index contributed by atoms with van der Waals surface area (Å²) < 4.78 is 50.1. The van der Waals surface area contributed by atoms with Gasteiger partial charge in [0.25, 0.3) is 0 Å². The molecule has 178 valence electrons. The van der Waals surface area contributed by atoms with E-state index in [0.29, 0.717) is 23.7 Å². The molecular weight excluding hydrogens is 453 g/mol. The highest BCUT2D eigenvalue weighted by Gasteiger charge is 2.27. The predicted octanol–water partition coefficient (Wildman–Crippen LogP) is 4.93. The molecular formula is C23H21F3N4O4. The van der Waals surface area contributed by atoms with Crippen LogP contribution in [0.1, 0.15) is 47.8 Å². The van der Waals surface area contributed by atoms with Gasteiger partial charge in [-0.2, -0.15) is 0 Å². The fourth-order valence-corrected chi connectivity index (χ4v) is 3.95. The first-order valence-electron chi connectivity index (χ1n) is 10.6. The van der Waals surface area contributed by atoms with Gasteiger partial charge >= 0.3 is 23.8 Å². The number of rotatable bonds is 6. The second-order valence-electron chi connectivity index (χ2n) is 7.93. The van der Waals surface area contributed by atoms with Crippen molar-refractivity contribution < 1.29 is 31.9 Å². The smallest absolute Gasteiger partial charge is 0.320 e. The lowest BCUT2D eigenvalue weighted by molar-refractivity contribution is -0.146. The minimum Gasteiger partial charge on any atom is -0.469 e. The van der Waals surface area contributed by atoms with Crippen molar-refractivity contribution in [3.05, 3.63) is 65.3 Å². The molecule has 0 aliphatic heterocycles. The zero-order chi connectivity index (χ0) is 24.2. The Morgan fingerprint density at radius 2 is 1.65 bits per heavy atom. The van der Waals surface area contributed by atoms with E-state index in [9.17, 15) is 22.8 Å². The molecule has 0 saturated heterocycles. The molecule has 2 aromatic carbocycles. The third kappa shape index (κ3) is 5.19. The van der Waals surface area contributed by atoms with Gasteiger partial charge in [-0.05, 0) is 49.3 Å². The number of carbonyl (C=O) groups excluding carboxylic acids is 2. The molecule has 0 unspecified atom stereocenters. The quantitative estimate of drug-likeness (QED) is 0.385. The van der Waals surface area contributed by atoms with Crippen LogP contribution in [-0.2, 0) is 9.53 Å².